The van der Waals surface area contributed by atoms with Gasteiger partial charge in [0.1, 0.15) is 5.75 Å². The molecule has 3 rings (SSSR count). The molecule has 1 amide bonds. The molecule has 5 nitrogen and oxygen atoms in total. The quantitative estimate of drug-likeness (QED) is 0.926. The van der Waals surface area contributed by atoms with Gasteiger partial charge >= 0.3 is 0 Å². The van der Waals surface area contributed by atoms with Gasteiger partial charge in [-0.3, -0.25) is 4.79 Å². The number of carbonyl (C=O) groups is 1. The molecule has 23 heavy (non-hydrogen) atoms. The Balaban J connectivity index is 1.51. The number of para-hydroxylation sites is 1. The summed E-state index contributed by atoms with van der Waals surface area (Å²) in [7, 11) is 0. The summed E-state index contributed by atoms with van der Waals surface area (Å²) in [5, 5.41) is 3.07. The second-order valence-electron chi connectivity index (χ2n) is 6.66. The van der Waals surface area contributed by atoms with Crippen molar-refractivity contribution in [3.63, 3.8) is 0 Å². The van der Waals surface area contributed by atoms with Gasteiger partial charge in [0.2, 0.25) is 0 Å². The van der Waals surface area contributed by atoms with E-state index < -0.39 is 6.10 Å². The molecule has 0 saturated carbocycles. The van der Waals surface area contributed by atoms with E-state index in [-0.39, 0.29) is 12.7 Å². The summed E-state index contributed by atoms with van der Waals surface area (Å²) in [6, 6.07) is 8.18. The highest BCUT2D eigenvalue weighted by molar-refractivity contribution is 5.83. The van der Waals surface area contributed by atoms with Crippen LogP contribution in [0.3, 0.4) is 0 Å². The fourth-order valence-corrected chi connectivity index (χ4v) is 3.31. The van der Waals surface area contributed by atoms with Crippen molar-refractivity contribution >= 4 is 5.91 Å². The van der Waals surface area contributed by atoms with Gasteiger partial charge in [0.15, 0.2) is 12.9 Å². The molecule has 1 aromatic carbocycles. The van der Waals surface area contributed by atoms with Crippen LogP contribution in [0, 0.1) is 5.92 Å². The van der Waals surface area contributed by atoms with Crippen LogP contribution in [0.1, 0.15) is 38.4 Å². The number of nitrogens with one attached hydrogen (secondary N) is 1. The van der Waals surface area contributed by atoms with Crippen molar-refractivity contribution in [1.82, 2.24) is 10.2 Å². The number of benzene rings is 1. The van der Waals surface area contributed by atoms with Crippen molar-refractivity contribution < 1.29 is 14.3 Å². The second kappa shape index (κ2) is 7.32. The zero-order chi connectivity index (χ0) is 16.2. The Kier molecular flexibility index (Phi) is 5.18. The Hall–Kier alpha value is -1.59. The molecule has 5 heteroatoms. The minimum Gasteiger partial charge on any atom is -0.467 e. The molecule has 0 bridgehead atoms. The maximum absolute atomic E-state index is 12.5. The number of amides is 1. The average molecular weight is 318 g/mol. The largest absolute Gasteiger partial charge is 0.467 e. The monoisotopic (exact) mass is 318 g/mol. The number of piperidine rings is 1. The van der Waals surface area contributed by atoms with Crippen LogP contribution in [0.25, 0.3) is 0 Å². The summed E-state index contributed by atoms with van der Waals surface area (Å²) in [5.41, 5.74) is 0.811. The molecule has 126 valence electrons. The Morgan fingerprint density at radius 3 is 2.78 bits per heavy atom. The van der Waals surface area contributed by atoms with Gasteiger partial charge in [-0.1, -0.05) is 18.2 Å². The molecular weight excluding hydrogens is 292 g/mol. The van der Waals surface area contributed by atoms with E-state index in [4.69, 9.17) is 9.47 Å². The standard InChI is InChI=1S/C18H26N2O3/c1-13(2)20-9-7-14(8-10-20)11-19-18(21)17-15-5-3-4-6-16(15)22-12-23-17/h3-6,13-14,17H,7-12H2,1-2H3,(H,19,21). The molecule has 1 unspecified atom stereocenters. The highest BCUT2D eigenvalue weighted by Gasteiger charge is 2.29. The predicted molar refractivity (Wildman–Crippen MR) is 88.2 cm³/mol. The van der Waals surface area contributed by atoms with E-state index in [0.717, 1.165) is 43.8 Å². The third kappa shape index (κ3) is 3.85. The number of rotatable bonds is 4. The third-order valence-electron chi connectivity index (χ3n) is 4.83. The lowest BCUT2D eigenvalue weighted by Crippen LogP contribution is -2.42. The molecule has 2 aliphatic rings. The van der Waals surface area contributed by atoms with Crippen LogP contribution in [0.15, 0.2) is 24.3 Å². The number of carbonyl (C=O) groups excluding carboxylic acids is 1. The molecule has 0 spiro atoms. The van der Waals surface area contributed by atoms with Crippen molar-refractivity contribution in [3.05, 3.63) is 29.8 Å². The van der Waals surface area contributed by atoms with E-state index in [1.807, 2.05) is 24.3 Å². The van der Waals surface area contributed by atoms with Gasteiger partial charge in [0.25, 0.3) is 5.91 Å². The fourth-order valence-electron chi connectivity index (χ4n) is 3.31. The van der Waals surface area contributed by atoms with Crippen LogP contribution < -0.4 is 10.1 Å². The molecule has 2 heterocycles. The normalized spacial score (nSPS) is 22.5. The fraction of sp³-hybridized carbons (Fsp3) is 0.611. The molecule has 1 N–H and O–H groups in total. The Labute approximate surface area is 137 Å². The number of hydrogen-bond acceptors (Lipinski definition) is 4. The summed E-state index contributed by atoms with van der Waals surface area (Å²) in [6.07, 6.45) is 1.73. The lowest BCUT2D eigenvalue weighted by atomic mass is 9.95. The van der Waals surface area contributed by atoms with Crippen LogP contribution in [-0.2, 0) is 9.53 Å². The minimum atomic E-state index is -0.560. The molecule has 1 saturated heterocycles. The van der Waals surface area contributed by atoms with Crippen LogP contribution in [0.2, 0.25) is 0 Å². The van der Waals surface area contributed by atoms with Gasteiger partial charge in [0, 0.05) is 18.2 Å². The van der Waals surface area contributed by atoms with Crippen molar-refractivity contribution in [1.29, 1.82) is 0 Å². The van der Waals surface area contributed by atoms with Gasteiger partial charge in [0.05, 0.1) is 0 Å². The highest BCUT2D eigenvalue weighted by Crippen LogP contribution is 2.31. The average Bonchev–Trinajstić information content (AvgIpc) is 2.59. The van der Waals surface area contributed by atoms with Crippen molar-refractivity contribution in [2.45, 2.75) is 38.8 Å². The molecule has 2 aliphatic heterocycles. The third-order valence-corrected chi connectivity index (χ3v) is 4.83. The number of hydrogen-bond donors (Lipinski definition) is 1. The summed E-state index contributed by atoms with van der Waals surface area (Å²) in [6.45, 7) is 7.57. The zero-order valence-electron chi connectivity index (χ0n) is 14.0. The van der Waals surface area contributed by atoms with E-state index in [2.05, 4.69) is 24.1 Å². The van der Waals surface area contributed by atoms with Crippen LogP contribution >= 0.6 is 0 Å². The number of nitrogens with zero attached hydrogens (tertiary/aromatic N) is 1. The zero-order valence-corrected chi connectivity index (χ0v) is 14.0. The summed E-state index contributed by atoms with van der Waals surface area (Å²) >= 11 is 0. The van der Waals surface area contributed by atoms with Gasteiger partial charge in [-0.25, -0.2) is 0 Å². The van der Waals surface area contributed by atoms with E-state index in [9.17, 15) is 4.79 Å². The first-order chi connectivity index (χ1) is 11.1. The first-order valence-corrected chi connectivity index (χ1v) is 8.50. The van der Waals surface area contributed by atoms with Crippen molar-refractivity contribution in [2.75, 3.05) is 26.4 Å². The molecule has 1 aromatic rings. The Morgan fingerprint density at radius 2 is 2.04 bits per heavy atom. The van der Waals surface area contributed by atoms with Gasteiger partial charge in [-0.15, -0.1) is 0 Å². The summed E-state index contributed by atoms with van der Waals surface area (Å²) in [5.74, 6) is 1.24. The molecule has 0 aromatic heterocycles. The maximum atomic E-state index is 12.5. The van der Waals surface area contributed by atoms with Gasteiger partial charge in [-0.2, -0.15) is 0 Å². The molecular formula is C18H26N2O3. The summed E-state index contributed by atoms with van der Waals surface area (Å²) < 4.78 is 10.9. The minimum absolute atomic E-state index is 0.0629. The molecule has 0 radical (unpaired) electrons. The molecule has 1 atom stereocenters. The van der Waals surface area contributed by atoms with Crippen molar-refractivity contribution in [2.24, 2.45) is 5.92 Å². The second-order valence-corrected chi connectivity index (χ2v) is 6.66. The van der Waals surface area contributed by atoms with Gasteiger partial charge < -0.3 is 19.7 Å². The van der Waals surface area contributed by atoms with E-state index in [1.165, 1.54) is 0 Å². The van der Waals surface area contributed by atoms with Crippen LogP contribution in [0.5, 0.6) is 5.75 Å². The lowest BCUT2D eigenvalue weighted by molar-refractivity contribution is -0.142. The van der Waals surface area contributed by atoms with E-state index in [1.54, 1.807) is 0 Å². The first kappa shape index (κ1) is 16.3. The van der Waals surface area contributed by atoms with Crippen LogP contribution in [-0.4, -0.2) is 43.3 Å². The van der Waals surface area contributed by atoms with Crippen molar-refractivity contribution in [3.8, 4) is 5.75 Å². The van der Waals surface area contributed by atoms with E-state index >= 15 is 0 Å². The Bertz CT molecular complexity index is 539. The number of likely N-dealkylation sites (tertiary alicyclic amines) is 1. The van der Waals surface area contributed by atoms with E-state index in [0.29, 0.717) is 12.0 Å². The highest BCUT2D eigenvalue weighted by atomic mass is 16.7. The number of ether oxygens (including phenoxy) is 2. The molecule has 0 aliphatic carbocycles. The molecule has 1 fully saturated rings. The smallest absolute Gasteiger partial charge is 0.254 e. The summed E-state index contributed by atoms with van der Waals surface area (Å²) in [4.78, 5) is 15.0. The Morgan fingerprint density at radius 1 is 1.30 bits per heavy atom. The van der Waals surface area contributed by atoms with Gasteiger partial charge in [-0.05, 0) is 51.8 Å². The topological polar surface area (TPSA) is 50.8 Å². The predicted octanol–water partition coefficient (Wildman–Crippen LogP) is 2.33. The van der Waals surface area contributed by atoms with Crippen LogP contribution in [0.4, 0.5) is 0 Å². The lowest BCUT2D eigenvalue weighted by Gasteiger charge is -2.35. The number of fused-ring (bicyclic) bond motifs is 1. The maximum Gasteiger partial charge on any atom is 0.254 e. The SMILES string of the molecule is CC(C)N1CCC(CNC(=O)C2OCOc3ccccc32)CC1. The first-order valence-electron chi connectivity index (χ1n) is 8.50.